The molecule has 6 heteroatoms. The van der Waals surface area contributed by atoms with Crippen LogP contribution in [0, 0.1) is 0 Å². The molecule has 1 fully saturated rings. The van der Waals surface area contributed by atoms with Crippen LogP contribution in [0.1, 0.15) is 6.92 Å². The lowest BCUT2D eigenvalue weighted by Gasteiger charge is -2.34. The Hall–Kier alpha value is -2.08. The van der Waals surface area contributed by atoms with Crippen molar-refractivity contribution in [3.05, 3.63) is 24.3 Å². The molecule has 6 nitrogen and oxygen atoms in total. The number of hydrogen-bond donors (Lipinski definition) is 1. The van der Waals surface area contributed by atoms with Crippen molar-refractivity contribution >= 4 is 23.0 Å². The van der Waals surface area contributed by atoms with Crippen LogP contribution < -0.4 is 10.6 Å². The van der Waals surface area contributed by atoms with Gasteiger partial charge >= 0.3 is 0 Å². The number of para-hydroxylation sites is 2. The van der Waals surface area contributed by atoms with Gasteiger partial charge in [0.25, 0.3) is 6.01 Å². The summed E-state index contributed by atoms with van der Waals surface area (Å²) >= 11 is 0. The summed E-state index contributed by atoms with van der Waals surface area (Å²) in [7, 11) is 0. The molecule has 0 unspecified atom stereocenters. The van der Waals surface area contributed by atoms with Gasteiger partial charge < -0.3 is 20.0 Å². The van der Waals surface area contributed by atoms with Crippen LogP contribution >= 0.6 is 0 Å². The lowest BCUT2D eigenvalue weighted by atomic mass is 10.2. The number of nitrogens with two attached hydrogens (primary N) is 1. The molecule has 2 N–H and O–H groups in total. The second-order valence-electron chi connectivity index (χ2n) is 5.07. The maximum absolute atomic E-state index is 11.8. The molecule has 0 saturated carbocycles. The van der Waals surface area contributed by atoms with E-state index < -0.39 is 6.04 Å². The molecule has 106 valence electrons. The number of rotatable bonds is 2. The van der Waals surface area contributed by atoms with E-state index in [0.29, 0.717) is 32.2 Å². The van der Waals surface area contributed by atoms with Crippen LogP contribution in [-0.4, -0.2) is 48.0 Å². The molecule has 2 heterocycles. The lowest BCUT2D eigenvalue weighted by molar-refractivity contribution is -0.132. The van der Waals surface area contributed by atoms with E-state index in [1.54, 1.807) is 11.8 Å². The van der Waals surface area contributed by atoms with Crippen LogP contribution in [0.3, 0.4) is 0 Å². The Morgan fingerprint density at radius 3 is 2.65 bits per heavy atom. The summed E-state index contributed by atoms with van der Waals surface area (Å²) in [5.74, 6) is 0.00205. The molecule has 3 rings (SSSR count). The highest BCUT2D eigenvalue weighted by molar-refractivity contribution is 5.81. The number of benzene rings is 1. The maximum Gasteiger partial charge on any atom is 0.298 e. The highest BCUT2D eigenvalue weighted by Crippen LogP contribution is 2.22. The Kier molecular flexibility index (Phi) is 3.31. The number of nitrogens with zero attached hydrogens (tertiary/aromatic N) is 3. The van der Waals surface area contributed by atoms with Crippen LogP contribution in [0.5, 0.6) is 0 Å². The van der Waals surface area contributed by atoms with E-state index >= 15 is 0 Å². The maximum atomic E-state index is 11.8. The second-order valence-corrected chi connectivity index (χ2v) is 5.07. The van der Waals surface area contributed by atoms with Crippen LogP contribution in [-0.2, 0) is 4.79 Å². The highest BCUT2D eigenvalue weighted by Gasteiger charge is 2.25. The number of carbonyl (C=O) groups is 1. The molecule has 0 radical (unpaired) electrons. The summed E-state index contributed by atoms with van der Waals surface area (Å²) in [4.78, 5) is 20.2. The molecular weight excluding hydrogens is 256 g/mol. The second kappa shape index (κ2) is 5.13. The molecule has 1 amide bonds. The normalized spacial score (nSPS) is 17.5. The van der Waals surface area contributed by atoms with Gasteiger partial charge in [-0.25, -0.2) is 0 Å². The van der Waals surface area contributed by atoms with Gasteiger partial charge in [0.2, 0.25) is 5.91 Å². The van der Waals surface area contributed by atoms with Crippen molar-refractivity contribution in [2.75, 3.05) is 31.1 Å². The van der Waals surface area contributed by atoms with Gasteiger partial charge in [-0.15, -0.1) is 0 Å². The van der Waals surface area contributed by atoms with Gasteiger partial charge in [0.1, 0.15) is 5.52 Å². The number of piperazine rings is 1. The third-order valence-corrected chi connectivity index (χ3v) is 3.53. The lowest BCUT2D eigenvalue weighted by Crippen LogP contribution is -2.52. The Labute approximate surface area is 117 Å². The van der Waals surface area contributed by atoms with Crippen molar-refractivity contribution in [1.29, 1.82) is 0 Å². The summed E-state index contributed by atoms with van der Waals surface area (Å²) < 4.78 is 5.74. The zero-order chi connectivity index (χ0) is 14.1. The summed E-state index contributed by atoms with van der Waals surface area (Å²) in [6.07, 6.45) is 0. The van der Waals surface area contributed by atoms with E-state index in [-0.39, 0.29) is 5.91 Å². The van der Waals surface area contributed by atoms with Crippen LogP contribution in [0.25, 0.3) is 11.1 Å². The number of carbonyl (C=O) groups excluding carboxylic acids is 1. The fourth-order valence-electron chi connectivity index (χ4n) is 2.40. The SMILES string of the molecule is C[C@@H](N)C(=O)N1CCN(c2nc3ccccc3o2)CC1. The van der Waals surface area contributed by atoms with E-state index in [9.17, 15) is 4.79 Å². The number of anilines is 1. The fourth-order valence-corrected chi connectivity index (χ4v) is 2.40. The van der Waals surface area contributed by atoms with Crippen molar-refractivity contribution in [2.45, 2.75) is 13.0 Å². The van der Waals surface area contributed by atoms with Gasteiger partial charge in [0.05, 0.1) is 6.04 Å². The average Bonchev–Trinajstić information content (AvgIpc) is 2.90. The average molecular weight is 274 g/mol. The molecule has 0 spiro atoms. The number of fused-ring (bicyclic) bond motifs is 1. The predicted octanol–water partition coefficient (Wildman–Crippen LogP) is 0.824. The number of hydrogen-bond acceptors (Lipinski definition) is 5. The van der Waals surface area contributed by atoms with E-state index in [0.717, 1.165) is 11.1 Å². The minimum absolute atomic E-state index is 0.00205. The Balaban J connectivity index is 1.70. The van der Waals surface area contributed by atoms with Gasteiger partial charge in [0, 0.05) is 26.2 Å². The van der Waals surface area contributed by atoms with Crippen molar-refractivity contribution in [3.63, 3.8) is 0 Å². The number of aromatic nitrogens is 1. The van der Waals surface area contributed by atoms with Gasteiger partial charge in [-0.1, -0.05) is 12.1 Å². The van der Waals surface area contributed by atoms with Gasteiger partial charge in [-0.05, 0) is 19.1 Å². The van der Waals surface area contributed by atoms with Gasteiger partial charge in [-0.3, -0.25) is 4.79 Å². The molecule has 1 aromatic carbocycles. The number of amides is 1. The molecule has 1 aliphatic rings. The Bertz CT molecular complexity index is 581. The summed E-state index contributed by atoms with van der Waals surface area (Å²) in [5.41, 5.74) is 7.27. The molecule has 0 aliphatic carbocycles. The molecule has 1 aliphatic heterocycles. The van der Waals surface area contributed by atoms with Crippen LogP contribution in [0.2, 0.25) is 0 Å². The van der Waals surface area contributed by atoms with Crippen molar-refractivity contribution in [1.82, 2.24) is 9.88 Å². The predicted molar refractivity (Wildman–Crippen MR) is 76.5 cm³/mol. The van der Waals surface area contributed by atoms with Crippen LogP contribution in [0.4, 0.5) is 6.01 Å². The third kappa shape index (κ3) is 2.34. The monoisotopic (exact) mass is 274 g/mol. The minimum atomic E-state index is -0.439. The first-order valence-corrected chi connectivity index (χ1v) is 6.80. The molecule has 1 atom stereocenters. The molecule has 1 aromatic heterocycles. The molecular formula is C14H18N4O2. The molecule has 2 aromatic rings. The standard InChI is InChI=1S/C14H18N4O2/c1-10(15)13(19)17-6-8-18(9-7-17)14-16-11-4-2-3-5-12(11)20-14/h2-5,10H,6-9,15H2,1H3/t10-/m1/s1. The first-order chi connectivity index (χ1) is 9.65. The highest BCUT2D eigenvalue weighted by atomic mass is 16.4. The third-order valence-electron chi connectivity index (χ3n) is 3.53. The van der Waals surface area contributed by atoms with Crippen molar-refractivity contribution in [2.24, 2.45) is 5.73 Å². The van der Waals surface area contributed by atoms with Crippen molar-refractivity contribution < 1.29 is 9.21 Å². The van der Waals surface area contributed by atoms with Gasteiger partial charge in [-0.2, -0.15) is 4.98 Å². The van der Waals surface area contributed by atoms with E-state index in [4.69, 9.17) is 10.2 Å². The van der Waals surface area contributed by atoms with E-state index in [1.807, 2.05) is 24.3 Å². The number of oxazole rings is 1. The zero-order valence-corrected chi connectivity index (χ0v) is 11.5. The molecule has 20 heavy (non-hydrogen) atoms. The van der Waals surface area contributed by atoms with Crippen molar-refractivity contribution in [3.8, 4) is 0 Å². The first kappa shape index (κ1) is 12.9. The van der Waals surface area contributed by atoms with Crippen LogP contribution in [0.15, 0.2) is 28.7 Å². The first-order valence-electron chi connectivity index (χ1n) is 6.80. The molecule has 0 bridgehead atoms. The summed E-state index contributed by atoms with van der Waals surface area (Å²) in [6.45, 7) is 4.45. The van der Waals surface area contributed by atoms with E-state index in [1.165, 1.54) is 0 Å². The fraction of sp³-hybridized carbons (Fsp3) is 0.429. The summed E-state index contributed by atoms with van der Waals surface area (Å²) in [6, 6.07) is 7.88. The largest absolute Gasteiger partial charge is 0.423 e. The van der Waals surface area contributed by atoms with Gasteiger partial charge in [0.15, 0.2) is 5.58 Å². The molecule has 1 saturated heterocycles. The topological polar surface area (TPSA) is 75.6 Å². The minimum Gasteiger partial charge on any atom is -0.423 e. The smallest absolute Gasteiger partial charge is 0.298 e. The Morgan fingerprint density at radius 1 is 1.30 bits per heavy atom. The quantitative estimate of drug-likeness (QED) is 0.877. The summed E-state index contributed by atoms with van der Waals surface area (Å²) in [5, 5.41) is 0. The Morgan fingerprint density at radius 2 is 2.00 bits per heavy atom. The zero-order valence-electron chi connectivity index (χ0n) is 11.5. The van der Waals surface area contributed by atoms with E-state index in [2.05, 4.69) is 9.88 Å².